The maximum Gasteiger partial charge on any atom is 0.349 e. The minimum atomic E-state index is 0.0482. The van der Waals surface area contributed by atoms with Crippen LogP contribution in [0.4, 0.5) is 4.79 Å². The zero-order valence-corrected chi connectivity index (χ0v) is 13.8. The lowest BCUT2D eigenvalue weighted by Crippen LogP contribution is -2.44. The Labute approximate surface area is 117 Å². The molecule has 0 radical (unpaired) electrons. The number of amides is 2. The molecule has 0 aromatic heterocycles. The highest BCUT2D eigenvalue weighted by Gasteiger charge is 2.18. The fourth-order valence-corrected chi connectivity index (χ4v) is 2.16. The summed E-state index contributed by atoms with van der Waals surface area (Å²) in [5, 5.41) is 0. The predicted molar refractivity (Wildman–Crippen MR) is 79.8 cm³/mol. The first-order valence-electron chi connectivity index (χ1n) is 6.53. The fourth-order valence-electron chi connectivity index (χ4n) is 2.16. The van der Waals surface area contributed by atoms with E-state index in [1.165, 1.54) is 0 Å². The summed E-state index contributed by atoms with van der Waals surface area (Å²) in [6.07, 6.45) is 0.942. The lowest BCUT2D eigenvalue weighted by atomic mass is 10.3. The molecule has 0 unspecified atom stereocenters. The summed E-state index contributed by atoms with van der Waals surface area (Å²) in [5.74, 6) is 1.15. The van der Waals surface area contributed by atoms with E-state index in [0.29, 0.717) is 0 Å². The molecule has 0 saturated carbocycles. The first kappa shape index (κ1) is 17.5. The normalized spacial score (nSPS) is 9.89. The van der Waals surface area contributed by atoms with Gasteiger partial charge in [-0.25, -0.2) is 4.79 Å². The molecule has 0 aliphatic heterocycles. The van der Waals surface area contributed by atoms with E-state index in [1.54, 1.807) is 23.9 Å². The molecule has 112 valence electrons. The number of carbonyl (C=O) groups excluding carboxylic acids is 1. The van der Waals surface area contributed by atoms with Crippen LogP contribution < -0.4 is 0 Å². The fraction of sp³-hybridized carbons (Fsp3) is 0.846. The number of hydrogen-bond acceptors (Lipinski definition) is 1. The number of hydrogen-bond donors (Lipinski definition) is 0. The van der Waals surface area contributed by atoms with E-state index in [4.69, 9.17) is 0 Å². The smallest absolute Gasteiger partial charge is 0.331 e. The SMILES string of the molecule is CN(C)C(=O)N(C)CCCN(C)C(N(C)C)=[N+](C)C. The maximum atomic E-state index is 11.7. The van der Waals surface area contributed by atoms with Crippen molar-refractivity contribution in [2.75, 3.05) is 69.5 Å². The molecule has 0 fully saturated rings. The van der Waals surface area contributed by atoms with Crippen molar-refractivity contribution in [1.29, 1.82) is 0 Å². The van der Waals surface area contributed by atoms with Gasteiger partial charge < -0.3 is 9.80 Å². The van der Waals surface area contributed by atoms with Gasteiger partial charge in [0.05, 0.1) is 41.8 Å². The van der Waals surface area contributed by atoms with Crippen LogP contribution in [-0.2, 0) is 0 Å². The molecular weight excluding hydrogens is 242 g/mol. The van der Waals surface area contributed by atoms with E-state index in [2.05, 4.69) is 21.4 Å². The Morgan fingerprint density at radius 3 is 1.68 bits per heavy atom. The van der Waals surface area contributed by atoms with Gasteiger partial charge in [0.1, 0.15) is 0 Å². The van der Waals surface area contributed by atoms with Crippen LogP contribution in [0.5, 0.6) is 0 Å². The molecule has 0 aromatic carbocycles. The van der Waals surface area contributed by atoms with Crippen molar-refractivity contribution < 1.29 is 9.37 Å². The predicted octanol–water partition coefficient (Wildman–Crippen LogP) is 0.111. The van der Waals surface area contributed by atoms with E-state index in [1.807, 2.05) is 35.2 Å². The molecule has 0 bridgehead atoms. The molecular formula is C13H30N5O+. The van der Waals surface area contributed by atoms with Crippen LogP contribution in [0.25, 0.3) is 0 Å². The average molecular weight is 272 g/mol. The van der Waals surface area contributed by atoms with Gasteiger partial charge in [-0.1, -0.05) is 0 Å². The highest BCUT2D eigenvalue weighted by Crippen LogP contribution is 1.97. The molecule has 0 spiro atoms. The Bertz CT molecular complexity index is 321. The summed E-state index contributed by atoms with van der Waals surface area (Å²) < 4.78 is 2.09. The molecule has 0 N–H and O–H groups in total. The van der Waals surface area contributed by atoms with Crippen LogP contribution in [0.15, 0.2) is 0 Å². The molecule has 0 saturated heterocycles. The summed E-state index contributed by atoms with van der Waals surface area (Å²) in [5.41, 5.74) is 0. The Kier molecular flexibility index (Phi) is 7.26. The summed E-state index contributed by atoms with van der Waals surface area (Å²) in [6, 6.07) is 0.0482. The van der Waals surface area contributed by atoms with Gasteiger partial charge in [-0.05, 0) is 6.42 Å². The van der Waals surface area contributed by atoms with Gasteiger partial charge in [-0.3, -0.25) is 14.4 Å². The minimum Gasteiger partial charge on any atom is -0.331 e. The largest absolute Gasteiger partial charge is 0.349 e. The lowest BCUT2D eigenvalue weighted by Gasteiger charge is -2.24. The van der Waals surface area contributed by atoms with Crippen LogP contribution in [0.2, 0.25) is 0 Å². The first-order chi connectivity index (χ1) is 8.68. The molecule has 0 heterocycles. The van der Waals surface area contributed by atoms with Crippen LogP contribution in [0, 0.1) is 0 Å². The third-order valence-corrected chi connectivity index (χ3v) is 2.84. The van der Waals surface area contributed by atoms with Crippen molar-refractivity contribution in [1.82, 2.24) is 19.6 Å². The molecule has 6 nitrogen and oxygen atoms in total. The minimum absolute atomic E-state index is 0.0482. The Morgan fingerprint density at radius 2 is 1.32 bits per heavy atom. The summed E-state index contributed by atoms with van der Waals surface area (Å²) in [4.78, 5) is 19.3. The second kappa shape index (κ2) is 7.86. The van der Waals surface area contributed by atoms with Gasteiger partial charge in [-0.15, -0.1) is 0 Å². The van der Waals surface area contributed by atoms with Gasteiger partial charge >= 0.3 is 12.0 Å². The van der Waals surface area contributed by atoms with E-state index < -0.39 is 0 Å². The Morgan fingerprint density at radius 1 is 0.842 bits per heavy atom. The number of nitrogens with zero attached hydrogens (tertiary/aromatic N) is 5. The number of rotatable bonds is 4. The quantitative estimate of drug-likeness (QED) is 0.414. The van der Waals surface area contributed by atoms with E-state index >= 15 is 0 Å². The van der Waals surface area contributed by atoms with E-state index in [-0.39, 0.29) is 6.03 Å². The zero-order chi connectivity index (χ0) is 15.2. The van der Waals surface area contributed by atoms with E-state index in [9.17, 15) is 4.79 Å². The van der Waals surface area contributed by atoms with Crippen LogP contribution in [0.1, 0.15) is 6.42 Å². The standard InChI is InChI=1S/C13H30N5O/c1-14(2)12(15(3)4)17(7)10-9-11-18(8)13(19)16(5)6/h9-11H2,1-8H3/q+1. The third kappa shape index (κ3) is 5.81. The molecule has 0 aliphatic carbocycles. The van der Waals surface area contributed by atoms with Crippen molar-refractivity contribution in [3.63, 3.8) is 0 Å². The highest BCUT2D eigenvalue weighted by molar-refractivity contribution is 5.74. The molecule has 2 amide bonds. The maximum absolute atomic E-state index is 11.7. The Hall–Kier alpha value is -1.46. The molecule has 0 aliphatic rings. The molecule has 6 heteroatoms. The van der Waals surface area contributed by atoms with E-state index in [0.717, 1.165) is 25.5 Å². The van der Waals surface area contributed by atoms with Crippen molar-refractivity contribution in [3.8, 4) is 0 Å². The third-order valence-electron chi connectivity index (χ3n) is 2.84. The number of carbonyl (C=O) groups is 1. The molecule has 0 atom stereocenters. The summed E-state index contributed by atoms with van der Waals surface area (Å²) in [7, 11) is 15.6. The van der Waals surface area contributed by atoms with Gasteiger partial charge in [0.2, 0.25) is 0 Å². The Balaban J connectivity index is 4.28. The molecule has 0 aromatic rings. The number of guanidine groups is 1. The van der Waals surface area contributed by atoms with Crippen LogP contribution in [-0.4, -0.2) is 106 Å². The molecule has 0 rings (SSSR count). The van der Waals surface area contributed by atoms with Crippen molar-refractivity contribution in [2.45, 2.75) is 6.42 Å². The topological polar surface area (TPSA) is 33.0 Å². The summed E-state index contributed by atoms with van der Waals surface area (Å²) in [6.45, 7) is 1.67. The lowest BCUT2D eigenvalue weighted by molar-refractivity contribution is -0.475. The van der Waals surface area contributed by atoms with Gasteiger partial charge in [-0.2, -0.15) is 0 Å². The first-order valence-corrected chi connectivity index (χ1v) is 6.53. The second-order valence-electron chi connectivity index (χ2n) is 5.46. The van der Waals surface area contributed by atoms with Crippen LogP contribution in [0.3, 0.4) is 0 Å². The highest BCUT2D eigenvalue weighted by atomic mass is 16.2. The van der Waals surface area contributed by atoms with Crippen molar-refractivity contribution >= 4 is 12.0 Å². The van der Waals surface area contributed by atoms with Gasteiger partial charge in [0, 0.05) is 27.7 Å². The average Bonchev–Trinajstić information content (AvgIpc) is 2.26. The number of urea groups is 1. The zero-order valence-electron chi connectivity index (χ0n) is 13.8. The van der Waals surface area contributed by atoms with Crippen LogP contribution >= 0.6 is 0 Å². The van der Waals surface area contributed by atoms with Crippen molar-refractivity contribution in [2.24, 2.45) is 0 Å². The van der Waals surface area contributed by atoms with Gasteiger partial charge in [0.25, 0.3) is 0 Å². The van der Waals surface area contributed by atoms with Gasteiger partial charge in [0.15, 0.2) is 0 Å². The second-order valence-corrected chi connectivity index (χ2v) is 5.46. The molecule has 19 heavy (non-hydrogen) atoms. The monoisotopic (exact) mass is 272 g/mol. The summed E-state index contributed by atoms with van der Waals surface area (Å²) >= 11 is 0. The van der Waals surface area contributed by atoms with Crippen molar-refractivity contribution in [3.05, 3.63) is 0 Å².